The minimum atomic E-state index is -0.424. The summed E-state index contributed by atoms with van der Waals surface area (Å²) in [5, 5.41) is 4.19. The zero-order chi connectivity index (χ0) is 12.4. The SMILES string of the molecule is CCn1ncc(Br)c1C(N)c1ccc(F)cn1. The fourth-order valence-electron chi connectivity index (χ4n) is 1.64. The van der Waals surface area contributed by atoms with Gasteiger partial charge >= 0.3 is 0 Å². The van der Waals surface area contributed by atoms with Gasteiger partial charge in [0.1, 0.15) is 5.82 Å². The molecule has 0 aliphatic heterocycles. The van der Waals surface area contributed by atoms with Crippen molar-refractivity contribution in [3.05, 3.63) is 46.2 Å². The summed E-state index contributed by atoms with van der Waals surface area (Å²) in [6, 6.07) is 2.51. The molecule has 0 aliphatic rings. The Hall–Kier alpha value is -1.27. The summed E-state index contributed by atoms with van der Waals surface area (Å²) in [5.41, 5.74) is 7.56. The van der Waals surface area contributed by atoms with Crippen molar-refractivity contribution in [3.8, 4) is 0 Å². The lowest BCUT2D eigenvalue weighted by atomic mass is 10.1. The van der Waals surface area contributed by atoms with Crippen molar-refractivity contribution >= 4 is 15.9 Å². The predicted octanol–water partition coefficient (Wildman–Crippen LogP) is 2.25. The number of rotatable bonds is 3. The fraction of sp³-hybridized carbons (Fsp3) is 0.273. The lowest BCUT2D eigenvalue weighted by Crippen LogP contribution is -2.18. The number of hydrogen-bond donors (Lipinski definition) is 1. The molecule has 6 heteroatoms. The summed E-state index contributed by atoms with van der Waals surface area (Å²) < 4.78 is 15.4. The molecule has 2 rings (SSSR count). The van der Waals surface area contributed by atoms with E-state index in [4.69, 9.17) is 5.73 Å². The van der Waals surface area contributed by atoms with Gasteiger partial charge in [-0.15, -0.1) is 0 Å². The van der Waals surface area contributed by atoms with E-state index in [0.29, 0.717) is 5.69 Å². The van der Waals surface area contributed by atoms with E-state index in [1.165, 1.54) is 6.07 Å². The van der Waals surface area contributed by atoms with Crippen molar-refractivity contribution < 1.29 is 4.39 Å². The molecule has 1 unspecified atom stereocenters. The van der Waals surface area contributed by atoms with Gasteiger partial charge < -0.3 is 5.73 Å². The number of aromatic nitrogens is 3. The quantitative estimate of drug-likeness (QED) is 0.945. The van der Waals surface area contributed by atoms with Gasteiger partial charge in [0.15, 0.2) is 0 Å². The number of aryl methyl sites for hydroxylation is 1. The van der Waals surface area contributed by atoms with E-state index in [-0.39, 0.29) is 5.82 Å². The van der Waals surface area contributed by atoms with Gasteiger partial charge in [-0.25, -0.2) is 4.39 Å². The van der Waals surface area contributed by atoms with Gasteiger partial charge in [-0.05, 0) is 35.0 Å². The molecule has 17 heavy (non-hydrogen) atoms. The monoisotopic (exact) mass is 298 g/mol. The topological polar surface area (TPSA) is 56.7 Å². The van der Waals surface area contributed by atoms with E-state index in [1.807, 2.05) is 6.92 Å². The summed E-state index contributed by atoms with van der Waals surface area (Å²) in [7, 11) is 0. The molecule has 1 atom stereocenters. The van der Waals surface area contributed by atoms with Crippen molar-refractivity contribution in [1.82, 2.24) is 14.8 Å². The molecule has 0 bridgehead atoms. The van der Waals surface area contributed by atoms with Crippen LogP contribution in [0.25, 0.3) is 0 Å². The molecule has 90 valence electrons. The molecule has 2 N–H and O–H groups in total. The Morgan fingerprint density at radius 3 is 2.82 bits per heavy atom. The molecule has 0 amide bonds. The standard InChI is InChI=1S/C11H12BrFN4/c1-2-17-11(8(12)6-16-17)10(14)9-4-3-7(13)5-15-9/h3-6,10H,2,14H2,1H3. The summed E-state index contributed by atoms with van der Waals surface area (Å²) in [6.07, 6.45) is 2.86. The Kier molecular flexibility index (Phi) is 3.54. The molecule has 2 aromatic rings. The van der Waals surface area contributed by atoms with Crippen LogP contribution in [0, 0.1) is 5.82 Å². The number of nitrogens with two attached hydrogens (primary N) is 1. The highest BCUT2D eigenvalue weighted by atomic mass is 79.9. The second kappa shape index (κ2) is 4.93. The molecular formula is C11H12BrFN4. The average molecular weight is 299 g/mol. The summed E-state index contributed by atoms with van der Waals surface area (Å²) >= 11 is 3.41. The van der Waals surface area contributed by atoms with Crippen LogP contribution in [-0.4, -0.2) is 14.8 Å². The van der Waals surface area contributed by atoms with Crippen LogP contribution in [0.1, 0.15) is 24.4 Å². The lowest BCUT2D eigenvalue weighted by molar-refractivity contribution is 0.589. The first-order valence-corrected chi connectivity index (χ1v) is 6.01. The summed E-state index contributed by atoms with van der Waals surface area (Å²) in [6.45, 7) is 2.70. The minimum absolute atomic E-state index is 0.371. The minimum Gasteiger partial charge on any atom is -0.318 e. The molecule has 0 aromatic carbocycles. The van der Waals surface area contributed by atoms with Gasteiger partial charge in [0, 0.05) is 6.54 Å². The Morgan fingerprint density at radius 2 is 2.24 bits per heavy atom. The van der Waals surface area contributed by atoms with E-state index in [9.17, 15) is 4.39 Å². The molecule has 4 nitrogen and oxygen atoms in total. The number of pyridine rings is 1. The van der Waals surface area contributed by atoms with Crippen molar-refractivity contribution in [2.45, 2.75) is 19.5 Å². The normalized spacial score (nSPS) is 12.7. The molecule has 0 aliphatic carbocycles. The van der Waals surface area contributed by atoms with Gasteiger partial charge in [-0.2, -0.15) is 5.10 Å². The van der Waals surface area contributed by atoms with Gasteiger partial charge in [0.05, 0.1) is 34.3 Å². The van der Waals surface area contributed by atoms with Crippen LogP contribution in [0.2, 0.25) is 0 Å². The van der Waals surface area contributed by atoms with Crippen LogP contribution in [0.3, 0.4) is 0 Å². The van der Waals surface area contributed by atoms with E-state index in [0.717, 1.165) is 22.9 Å². The Morgan fingerprint density at radius 1 is 1.47 bits per heavy atom. The Balaban J connectivity index is 2.39. The van der Waals surface area contributed by atoms with Crippen LogP contribution >= 0.6 is 15.9 Å². The second-order valence-electron chi connectivity index (χ2n) is 3.57. The average Bonchev–Trinajstić information content (AvgIpc) is 2.70. The molecule has 2 heterocycles. The van der Waals surface area contributed by atoms with Crippen molar-refractivity contribution in [2.75, 3.05) is 0 Å². The molecule has 0 spiro atoms. The number of hydrogen-bond acceptors (Lipinski definition) is 3. The molecule has 0 saturated carbocycles. The van der Waals surface area contributed by atoms with E-state index in [2.05, 4.69) is 26.0 Å². The molecule has 0 fully saturated rings. The third kappa shape index (κ3) is 2.37. The number of nitrogens with zero attached hydrogens (tertiary/aromatic N) is 3. The summed E-state index contributed by atoms with van der Waals surface area (Å²) in [5.74, 6) is -0.371. The zero-order valence-electron chi connectivity index (χ0n) is 9.27. The maximum Gasteiger partial charge on any atom is 0.141 e. The maximum atomic E-state index is 12.8. The molecular weight excluding hydrogens is 287 g/mol. The first-order valence-electron chi connectivity index (χ1n) is 5.21. The van der Waals surface area contributed by atoms with Gasteiger partial charge in [-0.3, -0.25) is 9.67 Å². The predicted molar refractivity (Wildman–Crippen MR) is 65.8 cm³/mol. The van der Waals surface area contributed by atoms with Crippen LogP contribution in [0.15, 0.2) is 29.0 Å². The van der Waals surface area contributed by atoms with Gasteiger partial charge in [-0.1, -0.05) is 0 Å². The van der Waals surface area contributed by atoms with Crippen LogP contribution < -0.4 is 5.73 Å². The lowest BCUT2D eigenvalue weighted by Gasteiger charge is -2.13. The van der Waals surface area contributed by atoms with Crippen LogP contribution in [-0.2, 0) is 6.54 Å². The molecule has 0 saturated heterocycles. The van der Waals surface area contributed by atoms with E-state index < -0.39 is 6.04 Å². The Labute approximate surface area is 107 Å². The largest absolute Gasteiger partial charge is 0.318 e. The van der Waals surface area contributed by atoms with Crippen LogP contribution in [0.5, 0.6) is 0 Å². The zero-order valence-corrected chi connectivity index (χ0v) is 10.9. The fourth-order valence-corrected chi connectivity index (χ4v) is 2.19. The summed E-state index contributed by atoms with van der Waals surface area (Å²) in [4.78, 5) is 3.99. The maximum absolute atomic E-state index is 12.8. The third-order valence-electron chi connectivity index (χ3n) is 2.50. The van der Waals surface area contributed by atoms with E-state index >= 15 is 0 Å². The van der Waals surface area contributed by atoms with Crippen molar-refractivity contribution in [3.63, 3.8) is 0 Å². The smallest absolute Gasteiger partial charge is 0.141 e. The third-order valence-corrected chi connectivity index (χ3v) is 3.11. The molecule has 0 radical (unpaired) electrons. The highest BCUT2D eigenvalue weighted by Gasteiger charge is 2.18. The van der Waals surface area contributed by atoms with Gasteiger partial charge in [0.25, 0.3) is 0 Å². The van der Waals surface area contributed by atoms with E-state index in [1.54, 1.807) is 16.9 Å². The first kappa shape index (κ1) is 12.2. The van der Waals surface area contributed by atoms with Crippen LogP contribution in [0.4, 0.5) is 4.39 Å². The molecule has 2 aromatic heterocycles. The van der Waals surface area contributed by atoms with Crippen molar-refractivity contribution in [1.29, 1.82) is 0 Å². The second-order valence-corrected chi connectivity index (χ2v) is 4.43. The highest BCUT2D eigenvalue weighted by molar-refractivity contribution is 9.10. The number of halogens is 2. The van der Waals surface area contributed by atoms with Crippen molar-refractivity contribution in [2.24, 2.45) is 5.73 Å². The Bertz CT molecular complexity index is 509. The highest BCUT2D eigenvalue weighted by Crippen LogP contribution is 2.25. The van der Waals surface area contributed by atoms with Gasteiger partial charge in [0.2, 0.25) is 0 Å². The first-order chi connectivity index (χ1) is 8.13.